The van der Waals surface area contributed by atoms with E-state index in [9.17, 15) is 9.59 Å². The maximum Gasteiger partial charge on any atom is 0.246 e. The molecule has 1 aromatic rings. The quantitative estimate of drug-likeness (QED) is 0.814. The summed E-state index contributed by atoms with van der Waals surface area (Å²) in [5.74, 6) is 0.343. The van der Waals surface area contributed by atoms with E-state index in [-0.39, 0.29) is 17.7 Å². The lowest BCUT2D eigenvalue weighted by molar-refractivity contribution is -0.141. The molecule has 0 bridgehead atoms. The Kier molecular flexibility index (Phi) is 5.13. The van der Waals surface area contributed by atoms with Gasteiger partial charge < -0.3 is 20.3 Å². The van der Waals surface area contributed by atoms with Crippen molar-refractivity contribution in [2.75, 3.05) is 31.6 Å². The Balaban J connectivity index is 1.42. The first-order chi connectivity index (χ1) is 12.7. The van der Waals surface area contributed by atoms with Gasteiger partial charge in [0.15, 0.2) is 5.13 Å². The van der Waals surface area contributed by atoms with Crippen molar-refractivity contribution in [2.45, 2.75) is 50.1 Å². The lowest BCUT2D eigenvalue weighted by Crippen LogP contribution is -2.59. The van der Waals surface area contributed by atoms with Crippen LogP contribution in [0.4, 0.5) is 5.13 Å². The number of nitrogens with one attached hydrogen (secondary N) is 2. The van der Waals surface area contributed by atoms with E-state index in [1.54, 1.807) is 6.20 Å². The van der Waals surface area contributed by atoms with Crippen LogP contribution in [0.3, 0.4) is 0 Å². The van der Waals surface area contributed by atoms with Crippen molar-refractivity contribution in [2.24, 2.45) is 5.92 Å². The van der Waals surface area contributed by atoms with Crippen LogP contribution in [0.15, 0.2) is 11.6 Å². The van der Waals surface area contributed by atoms with Crippen molar-refractivity contribution in [1.82, 2.24) is 15.2 Å². The van der Waals surface area contributed by atoms with E-state index in [1.165, 1.54) is 11.3 Å². The highest BCUT2D eigenvalue weighted by atomic mass is 32.1. The van der Waals surface area contributed by atoms with Gasteiger partial charge in [0, 0.05) is 49.8 Å². The Morgan fingerprint density at radius 2 is 1.92 bits per heavy atom. The van der Waals surface area contributed by atoms with Crippen molar-refractivity contribution in [3.05, 3.63) is 11.6 Å². The van der Waals surface area contributed by atoms with Gasteiger partial charge >= 0.3 is 0 Å². The number of amides is 2. The first-order valence-electron chi connectivity index (χ1n) is 9.51. The number of rotatable bonds is 5. The molecule has 2 N–H and O–H groups in total. The number of likely N-dealkylation sites (tertiary alicyclic amines) is 1. The second kappa shape index (κ2) is 7.52. The van der Waals surface area contributed by atoms with E-state index in [0.717, 1.165) is 30.8 Å². The summed E-state index contributed by atoms with van der Waals surface area (Å²) in [4.78, 5) is 32.0. The molecule has 8 heteroatoms. The minimum atomic E-state index is -0.674. The summed E-state index contributed by atoms with van der Waals surface area (Å²) in [5, 5.41) is 9.19. The molecule has 0 unspecified atom stereocenters. The van der Waals surface area contributed by atoms with Crippen molar-refractivity contribution in [1.29, 1.82) is 0 Å². The third-order valence-corrected chi connectivity index (χ3v) is 6.31. The maximum atomic E-state index is 13.0. The number of hydrogen-bond donors (Lipinski definition) is 2. The number of anilines is 1. The zero-order valence-corrected chi connectivity index (χ0v) is 15.7. The van der Waals surface area contributed by atoms with Crippen molar-refractivity contribution in [3.63, 3.8) is 0 Å². The van der Waals surface area contributed by atoms with Crippen molar-refractivity contribution < 1.29 is 14.3 Å². The van der Waals surface area contributed by atoms with Gasteiger partial charge in [-0.05, 0) is 38.5 Å². The highest BCUT2D eigenvalue weighted by Gasteiger charge is 2.45. The van der Waals surface area contributed by atoms with Gasteiger partial charge in [0.2, 0.25) is 11.8 Å². The van der Waals surface area contributed by atoms with Crippen LogP contribution in [0.5, 0.6) is 0 Å². The second-order valence-corrected chi connectivity index (χ2v) is 8.40. The Labute approximate surface area is 157 Å². The number of ether oxygens (including phenoxy) is 1. The van der Waals surface area contributed by atoms with Gasteiger partial charge in [0.05, 0.1) is 0 Å². The largest absolute Gasteiger partial charge is 0.381 e. The van der Waals surface area contributed by atoms with Crippen LogP contribution < -0.4 is 10.6 Å². The van der Waals surface area contributed by atoms with Crippen LogP contribution in [0.1, 0.15) is 38.5 Å². The van der Waals surface area contributed by atoms with E-state index >= 15 is 0 Å². The number of nitrogens with zero attached hydrogens (tertiary/aromatic N) is 2. The number of carbonyl (C=O) groups excluding carboxylic acids is 2. The fourth-order valence-electron chi connectivity index (χ4n) is 3.76. The minimum absolute atomic E-state index is 0.0494. The molecule has 3 fully saturated rings. The third-order valence-electron chi connectivity index (χ3n) is 5.62. The molecule has 0 aromatic carbocycles. The molecule has 0 radical (unpaired) electrons. The smallest absolute Gasteiger partial charge is 0.246 e. The molecule has 1 aromatic heterocycles. The van der Waals surface area contributed by atoms with E-state index < -0.39 is 5.54 Å². The van der Waals surface area contributed by atoms with Crippen LogP contribution in [-0.2, 0) is 14.3 Å². The minimum Gasteiger partial charge on any atom is -0.381 e. The van der Waals surface area contributed by atoms with Gasteiger partial charge in [-0.1, -0.05) is 0 Å². The Hall–Kier alpha value is -1.67. The number of piperidine rings is 1. The highest BCUT2D eigenvalue weighted by Crippen LogP contribution is 2.31. The molecule has 1 saturated carbocycles. The molecule has 2 aliphatic heterocycles. The lowest BCUT2D eigenvalue weighted by Gasteiger charge is -2.42. The van der Waals surface area contributed by atoms with Crippen LogP contribution >= 0.6 is 11.3 Å². The van der Waals surface area contributed by atoms with Crippen LogP contribution in [-0.4, -0.2) is 59.6 Å². The topological polar surface area (TPSA) is 83.6 Å². The van der Waals surface area contributed by atoms with Crippen LogP contribution in [0, 0.1) is 5.92 Å². The van der Waals surface area contributed by atoms with Crippen molar-refractivity contribution >= 4 is 28.3 Å². The fourth-order valence-corrected chi connectivity index (χ4v) is 4.39. The summed E-state index contributed by atoms with van der Waals surface area (Å²) in [7, 11) is 0. The monoisotopic (exact) mass is 378 g/mol. The third kappa shape index (κ3) is 3.86. The number of carbonyl (C=O) groups is 2. The van der Waals surface area contributed by atoms with E-state index in [1.807, 2.05) is 10.3 Å². The first-order valence-corrected chi connectivity index (χ1v) is 10.4. The molecule has 3 heterocycles. The van der Waals surface area contributed by atoms with Crippen LogP contribution in [0.25, 0.3) is 0 Å². The summed E-state index contributed by atoms with van der Waals surface area (Å²) in [5.41, 5.74) is -0.674. The number of thiazole rings is 1. The van der Waals surface area contributed by atoms with Crippen LogP contribution in [0.2, 0.25) is 0 Å². The first kappa shape index (κ1) is 17.7. The normalized spacial score (nSPS) is 23.5. The Morgan fingerprint density at radius 1 is 1.19 bits per heavy atom. The molecule has 4 rings (SSSR count). The van der Waals surface area contributed by atoms with E-state index in [0.29, 0.717) is 45.2 Å². The molecule has 0 atom stereocenters. The van der Waals surface area contributed by atoms with Crippen molar-refractivity contribution in [3.8, 4) is 0 Å². The van der Waals surface area contributed by atoms with Gasteiger partial charge in [-0.3, -0.25) is 9.59 Å². The lowest BCUT2D eigenvalue weighted by atomic mass is 9.85. The zero-order chi connectivity index (χ0) is 18.0. The SMILES string of the molecule is O=C(C1CCOCC1)N1CCC(Nc2nccs2)(C(=O)NC2CC2)CC1. The molecular weight excluding hydrogens is 352 g/mol. The summed E-state index contributed by atoms with van der Waals surface area (Å²) in [6, 6.07) is 0.319. The highest BCUT2D eigenvalue weighted by molar-refractivity contribution is 7.13. The molecule has 7 nitrogen and oxygen atoms in total. The molecule has 3 aliphatic rings. The van der Waals surface area contributed by atoms with Gasteiger partial charge in [0.1, 0.15) is 5.54 Å². The van der Waals surface area contributed by atoms with Gasteiger partial charge in [0.25, 0.3) is 0 Å². The number of hydrogen-bond acceptors (Lipinski definition) is 6. The van der Waals surface area contributed by atoms with Gasteiger partial charge in [-0.2, -0.15) is 0 Å². The van der Waals surface area contributed by atoms with Gasteiger partial charge in [-0.15, -0.1) is 11.3 Å². The zero-order valence-electron chi connectivity index (χ0n) is 14.9. The molecule has 142 valence electrons. The fraction of sp³-hybridized carbons (Fsp3) is 0.722. The Bertz CT molecular complexity index is 633. The molecule has 1 aliphatic carbocycles. The summed E-state index contributed by atoms with van der Waals surface area (Å²) < 4.78 is 5.36. The predicted molar refractivity (Wildman–Crippen MR) is 99.0 cm³/mol. The summed E-state index contributed by atoms with van der Waals surface area (Å²) in [6.45, 7) is 2.55. The Morgan fingerprint density at radius 3 is 2.54 bits per heavy atom. The standard InChI is InChI=1S/C18H26N4O3S/c23-15(13-3-10-25-11-4-13)22-8-5-18(6-9-22,16(24)20-14-1-2-14)21-17-19-7-12-26-17/h7,12-14H,1-6,8-11H2,(H,19,21)(H,20,24). The maximum absolute atomic E-state index is 13.0. The predicted octanol–water partition coefficient (Wildman–Crippen LogP) is 1.62. The molecule has 26 heavy (non-hydrogen) atoms. The average Bonchev–Trinajstić information content (AvgIpc) is 3.35. The average molecular weight is 378 g/mol. The second-order valence-electron chi connectivity index (χ2n) is 7.50. The molecule has 0 spiro atoms. The molecule has 2 amide bonds. The van der Waals surface area contributed by atoms with E-state index in [4.69, 9.17) is 4.74 Å². The number of aromatic nitrogens is 1. The summed E-state index contributed by atoms with van der Waals surface area (Å²) in [6.07, 6.45) is 6.70. The molecular formula is C18H26N4O3S. The van der Waals surface area contributed by atoms with Gasteiger partial charge in [-0.25, -0.2) is 4.98 Å². The van der Waals surface area contributed by atoms with E-state index in [2.05, 4.69) is 15.6 Å². The molecule has 2 saturated heterocycles. The summed E-state index contributed by atoms with van der Waals surface area (Å²) >= 11 is 1.50.